The van der Waals surface area contributed by atoms with Crippen molar-refractivity contribution in [2.45, 2.75) is 44.8 Å². The van der Waals surface area contributed by atoms with Crippen molar-refractivity contribution in [2.75, 3.05) is 7.11 Å². The molecule has 9 nitrogen and oxygen atoms in total. The number of Topliss-reactive ketones (excluding diaryl/α,β-unsaturated/α-hetero) is 1. The third-order valence-electron chi connectivity index (χ3n) is 5.08. The third-order valence-corrected chi connectivity index (χ3v) is 5.08. The van der Waals surface area contributed by atoms with Crippen LogP contribution in [0.1, 0.15) is 30.9 Å². The predicted octanol–water partition coefficient (Wildman–Crippen LogP) is 1.54. The van der Waals surface area contributed by atoms with Gasteiger partial charge in [-0.2, -0.15) is 0 Å². The van der Waals surface area contributed by atoms with Gasteiger partial charge in [0.05, 0.1) is 13.3 Å². The second kappa shape index (κ2) is 13.5. The second-order valence-electron chi connectivity index (χ2n) is 7.72. The molecule has 0 bridgehead atoms. The van der Waals surface area contributed by atoms with Gasteiger partial charge in [-0.25, -0.2) is 0 Å². The molecule has 180 valence electrons. The number of ether oxygens (including phenoxy) is 1. The van der Waals surface area contributed by atoms with Gasteiger partial charge in [0.1, 0.15) is 17.8 Å². The van der Waals surface area contributed by atoms with E-state index in [4.69, 9.17) is 10.1 Å². The Morgan fingerprint density at radius 1 is 0.912 bits per heavy atom. The van der Waals surface area contributed by atoms with Crippen molar-refractivity contribution in [1.29, 1.82) is 5.41 Å². The van der Waals surface area contributed by atoms with Gasteiger partial charge in [0.15, 0.2) is 5.78 Å². The Kier molecular flexibility index (Phi) is 10.4. The van der Waals surface area contributed by atoms with Gasteiger partial charge in [0, 0.05) is 26.3 Å². The smallest absolute Gasteiger partial charge is 0.243 e. The Balaban J connectivity index is 2.10. The molecule has 0 aliphatic rings. The van der Waals surface area contributed by atoms with E-state index in [1.54, 1.807) is 31.4 Å². The van der Waals surface area contributed by atoms with E-state index < -0.39 is 29.7 Å². The number of nitrogens with one attached hydrogen (secondary N) is 4. The summed E-state index contributed by atoms with van der Waals surface area (Å²) >= 11 is 0. The van der Waals surface area contributed by atoms with Crippen LogP contribution in [0.4, 0.5) is 0 Å². The fourth-order valence-electron chi connectivity index (χ4n) is 3.26. The summed E-state index contributed by atoms with van der Waals surface area (Å²) in [5.74, 6) is -1.15. The molecule has 2 aromatic carbocycles. The van der Waals surface area contributed by atoms with Crippen molar-refractivity contribution < 1.29 is 23.9 Å². The summed E-state index contributed by atoms with van der Waals surface area (Å²) in [4.78, 5) is 49.2. The average Bonchev–Trinajstić information content (AvgIpc) is 2.84. The molecular formula is C25H30N4O5. The van der Waals surface area contributed by atoms with E-state index in [0.717, 1.165) is 11.1 Å². The van der Waals surface area contributed by atoms with Crippen molar-refractivity contribution in [3.05, 3.63) is 65.7 Å². The monoisotopic (exact) mass is 466 g/mol. The first-order valence-corrected chi connectivity index (χ1v) is 10.9. The molecule has 0 radical (unpaired) electrons. The highest BCUT2D eigenvalue weighted by atomic mass is 16.5. The molecule has 2 rings (SSSR count). The van der Waals surface area contributed by atoms with E-state index in [1.807, 2.05) is 30.3 Å². The van der Waals surface area contributed by atoms with E-state index in [1.165, 1.54) is 6.92 Å². The molecule has 0 aliphatic heterocycles. The molecule has 2 atom stereocenters. The lowest BCUT2D eigenvalue weighted by Gasteiger charge is -2.23. The molecular weight excluding hydrogens is 436 g/mol. The summed E-state index contributed by atoms with van der Waals surface area (Å²) in [5.41, 5.74) is 1.67. The number of amides is 3. The maximum atomic E-state index is 13.0. The summed E-state index contributed by atoms with van der Waals surface area (Å²) in [6.45, 7) is 1.53. The summed E-state index contributed by atoms with van der Waals surface area (Å²) in [6.07, 6.45) is 0.871. The molecule has 0 fully saturated rings. The molecule has 0 spiro atoms. The van der Waals surface area contributed by atoms with Crippen LogP contribution in [0.5, 0.6) is 5.75 Å². The zero-order valence-corrected chi connectivity index (χ0v) is 19.3. The van der Waals surface area contributed by atoms with Crippen LogP contribution in [0.3, 0.4) is 0 Å². The number of carbonyl (C=O) groups is 4. The van der Waals surface area contributed by atoms with E-state index in [9.17, 15) is 19.2 Å². The SMILES string of the molecule is COc1ccc(CNC(=O)[C@H](CCC(=O)C=N)NC(=O)[C@H](Cc2ccccc2)NC(C)=O)cc1. The lowest BCUT2D eigenvalue weighted by molar-refractivity contribution is -0.132. The highest BCUT2D eigenvalue weighted by molar-refractivity contribution is 6.26. The van der Waals surface area contributed by atoms with Crippen LogP contribution in [0.15, 0.2) is 54.6 Å². The van der Waals surface area contributed by atoms with Gasteiger partial charge >= 0.3 is 0 Å². The van der Waals surface area contributed by atoms with Gasteiger partial charge < -0.3 is 26.1 Å². The number of ketones is 1. The molecule has 2 aromatic rings. The van der Waals surface area contributed by atoms with E-state index in [0.29, 0.717) is 12.0 Å². The maximum Gasteiger partial charge on any atom is 0.243 e. The number of carbonyl (C=O) groups excluding carboxylic acids is 4. The molecule has 0 saturated carbocycles. The average molecular weight is 467 g/mol. The standard InChI is InChI=1S/C25H30N4O5/c1-17(30)28-23(14-18-6-4-3-5-7-18)25(33)29-22(13-10-20(31)15-26)24(32)27-16-19-8-11-21(34-2)12-9-19/h3-9,11-12,15,22-23,26H,10,13-14,16H2,1-2H3,(H,27,32)(H,28,30)(H,29,33)/t22-,23-/m0/s1. The highest BCUT2D eigenvalue weighted by Gasteiger charge is 2.26. The summed E-state index contributed by atoms with van der Waals surface area (Å²) < 4.78 is 5.12. The second-order valence-corrected chi connectivity index (χ2v) is 7.72. The first kappa shape index (κ1) is 26.2. The van der Waals surface area contributed by atoms with Crippen LogP contribution in [0.2, 0.25) is 0 Å². The fraction of sp³-hybridized carbons (Fsp3) is 0.320. The minimum atomic E-state index is -1.01. The number of methoxy groups -OCH3 is 1. The number of hydrogen-bond donors (Lipinski definition) is 4. The van der Waals surface area contributed by atoms with Gasteiger partial charge in [0.2, 0.25) is 17.7 Å². The lowest BCUT2D eigenvalue weighted by Crippen LogP contribution is -2.54. The first-order chi connectivity index (χ1) is 16.3. The Labute approximate surface area is 198 Å². The molecule has 0 heterocycles. The summed E-state index contributed by atoms with van der Waals surface area (Å²) in [7, 11) is 1.56. The van der Waals surface area contributed by atoms with Crippen LogP contribution in [-0.2, 0) is 32.1 Å². The normalized spacial score (nSPS) is 12.1. The summed E-state index contributed by atoms with van der Waals surface area (Å²) in [5, 5.41) is 15.1. The van der Waals surface area contributed by atoms with Crippen LogP contribution in [0, 0.1) is 5.41 Å². The minimum absolute atomic E-state index is 0.0204. The lowest BCUT2D eigenvalue weighted by atomic mass is 10.0. The Morgan fingerprint density at radius 3 is 2.18 bits per heavy atom. The van der Waals surface area contributed by atoms with Crippen molar-refractivity contribution in [1.82, 2.24) is 16.0 Å². The van der Waals surface area contributed by atoms with Gasteiger partial charge in [-0.15, -0.1) is 0 Å². The number of hydrogen-bond acceptors (Lipinski definition) is 6. The largest absolute Gasteiger partial charge is 0.497 e. The van der Waals surface area contributed by atoms with Gasteiger partial charge in [-0.3, -0.25) is 19.2 Å². The van der Waals surface area contributed by atoms with Crippen molar-refractivity contribution in [3.8, 4) is 5.75 Å². The van der Waals surface area contributed by atoms with Crippen LogP contribution >= 0.6 is 0 Å². The first-order valence-electron chi connectivity index (χ1n) is 10.9. The van der Waals surface area contributed by atoms with Crippen LogP contribution in [-0.4, -0.2) is 48.9 Å². The zero-order chi connectivity index (χ0) is 24.9. The molecule has 9 heteroatoms. The topological polar surface area (TPSA) is 137 Å². The van der Waals surface area contributed by atoms with Crippen molar-refractivity contribution in [3.63, 3.8) is 0 Å². The number of benzene rings is 2. The molecule has 0 aromatic heterocycles. The van der Waals surface area contributed by atoms with E-state index in [2.05, 4.69) is 16.0 Å². The molecule has 4 N–H and O–H groups in total. The molecule has 3 amide bonds. The van der Waals surface area contributed by atoms with Gasteiger partial charge in [-0.05, 0) is 29.7 Å². The molecule has 0 saturated heterocycles. The summed E-state index contributed by atoms with van der Waals surface area (Å²) in [6, 6.07) is 14.4. The Morgan fingerprint density at radius 2 is 1.59 bits per heavy atom. The molecule has 34 heavy (non-hydrogen) atoms. The molecule has 0 unspecified atom stereocenters. The Bertz CT molecular complexity index is 992. The maximum absolute atomic E-state index is 13.0. The van der Waals surface area contributed by atoms with Gasteiger partial charge in [0.25, 0.3) is 0 Å². The third kappa shape index (κ3) is 8.85. The van der Waals surface area contributed by atoms with Crippen LogP contribution < -0.4 is 20.7 Å². The minimum Gasteiger partial charge on any atom is -0.497 e. The highest BCUT2D eigenvalue weighted by Crippen LogP contribution is 2.11. The van der Waals surface area contributed by atoms with Crippen molar-refractivity contribution in [2.24, 2.45) is 0 Å². The Hall–Kier alpha value is -4.01. The van der Waals surface area contributed by atoms with Gasteiger partial charge in [-0.1, -0.05) is 42.5 Å². The quantitative estimate of drug-likeness (QED) is 0.332. The van der Waals surface area contributed by atoms with E-state index >= 15 is 0 Å². The fourth-order valence-corrected chi connectivity index (χ4v) is 3.26. The molecule has 0 aliphatic carbocycles. The predicted molar refractivity (Wildman–Crippen MR) is 128 cm³/mol. The van der Waals surface area contributed by atoms with Crippen molar-refractivity contribution >= 4 is 29.7 Å². The van der Waals surface area contributed by atoms with E-state index in [-0.39, 0.29) is 31.7 Å². The van der Waals surface area contributed by atoms with Crippen LogP contribution in [0.25, 0.3) is 0 Å². The zero-order valence-electron chi connectivity index (χ0n) is 19.3. The number of rotatable bonds is 13.